The molecule has 0 saturated heterocycles. The van der Waals surface area contributed by atoms with Crippen molar-refractivity contribution >= 4 is 31.9 Å². The highest BCUT2D eigenvalue weighted by atomic mass is 79.9. The van der Waals surface area contributed by atoms with Crippen LogP contribution in [0.2, 0.25) is 0 Å². The molecule has 26 heavy (non-hydrogen) atoms. The number of ether oxygens (including phenoxy) is 2. The van der Waals surface area contributed by atoms with Crippen LogP contribution in [0.1, 0.15) is 47.9 Å². The van der Waals surface area contributed by atoms with E-state index in [2.05, 4.69) is 44.0 Å². The summed E-state index contributed by atoms with van der Waals surface area (Å²) < 4.78 is 13.9. The summed E-state index contributed by atoms with van der Waals surface area (Å²) in [6, 6.07) is 4.52. The molecule has 2 nitrogen and oxygen atoms in total. The first-order valence-corrected chi connectivity index (χ1v) is 11.0. The molecule has 0 saturated carbocycles. The molecule has 0 aromatic heterocycles. The molecule has 2 aliphatic rings. The predicted molar refractivity (Wildman–Crippen MR) is 114 cm³/mol. The Labute approximate surface area is 172 Å². The van der Waals surface area contributed by atoms with E-state index in [9.17, 15) is 0 Å². The van der Waals surface area contributed by atoms with Gasteiger partial charge in [0.25, 0.3) is 0 Å². The molecule has 0 unspecified atom stereocenters. The number of benzene rings is 2. The van der Waals surface area contributed by atoms with Crippen LogP contribution in [0.15, 0.2) is 21.1 Å². The van der Waals surface area contributed by atoms with Gasteiger partial charge >= 0.3 is 0 Å². The second-order valence-electron chi connectivity index (χ2n) is 7.22. The Morgan fingerprint density at radius 1 is 0.654 bits per heavy atom. The Hall–Kier alpha value is -1.00. The highest BCUT2D eigenvalue weighted by Gasteiger charge is 2.28. The molecule has 0 N–H and O–H groups in total. The molecule has 4 rings (SSSR count). The smallest absolute Gasteiger partial charge is 0.141 e. The molecule has 0 aliphatic heterocycles. The zero-order valence-electron chi connectivity index (χ0n) is 15.4. The average Bonchev–Trinajstić information content (AvgIpc) is 2.66. The fraction of sp³-hybridized carbons (Fsp3) is 0.455. The summed E-state index contributed by atoms with van der Waals surface area (Å²) in [7, 11) is 3.55. The van der Waals surface area contributed by atoms with Crippen molar-refractivity contribution in [3.63, 3.8) is 0 Å². The van der Waals surface area contributed by atoms with Crippen molar-refractivity contribution < 1.29 is 9.47 Å². The monoisotopic (exact) mass is 478 g/mol. The molecule has 4 heteroatoms. The van der Waals surface area contributed by atoms with Crippen LogP contribution in [-0.4, -0.2) is 14.2 Å². The van der Waals surface area contributed by atoms with Gasteiger partial charge in [0.2, 0.25) is 0 Å². The van der Waals surface area contributed by atoms with Crippen LogP contribution < -0.4 is 9.47 Å². The van der Waals surface area contributed by atoms with Crippen LogP contribution >= 0.6 is 31.9 Å². The third-order valence-electron chi connectivity index (χ3n) is 5.77. The van der Waals surface area contributed by atoms with E-state index < -0.39 is 0 Å². The number of aryl methyl sites for hydroxylation is 2. The molecule has 0 atom stereocenters. The van der Waals surface area contributed by atoms with Gasteiger partial charge in [0.1, 0.15) is 11.5 Å². The summed E-state index contributed by atoms with van der Waals surface area (Å²) >= 11 is 7.53. The maximum Gasteiger partial charge on any atom is 0.141 e. The van der Waals surface area contributed by atoms with Crippen molar-refractivity contribution in [2.75, 3.05) is 14.2 Å². The molecule has 2 aliphatic carbocycles. The highest BCUT2D eigenvalue weighted by molar-refractivity contribution is 9.11. The SMILES string of the molecule is COc1c(Br)cc2c(c1-c1c3c(cc(Br)c1OC)CCCC3)CCCC2. The van der Waals surface area contributed by atoms with Crippen LogP contribution in [-0.2, 0) is 25.7 Å². The van der Waals surface area contributed by atoms with E-state index in [0.29, 0.717) is 0 Å². The second-order valence-corrected chi connectivity index (χ2v) is 8.93. The molecule has 2 aromatic rings. The third-order valence-corrected chi connectivity index (χ3v) is 6.95. The number of hydrogen-bond acceptors (Lipinski definition) is 2. The summed E-state index contributed by atoms with van der Waals surface area (Å²) in [5.74, 6) is 1.88. The molecule has 2 aromatic carbocycles. The van der Waals surface area contributed by atoms with E-state index in [1.54, 1.807) is 14.2 Å². The fourth-order valence-corrected chi connectivity index (χ4v) is 5.90. The number of hydrogen-bond donors (Lipinski definition) is 0. The molecular formula is C22H24Br2O2. The lowest BCUT2D eigenvalue weighted by atomic mass is 9.80. The molecule has 0 radical (unpaired) electrons. The second kappa shape index (κ2) is 7.55. The molecule has 0 fully saturated rings. The maximum absolute atomic E-state index is 5.91. The summed E-state index contributed by atoms with van der Waals surface area (Å²) in [5, 5.41) is 0. The van der Waals surface area contributed by atoms with Crippen molar-refractivity contribution in [1.82, 2.24) is 0 Å². The molecule has 0 bridgehead atoms. The Kier molecular flexibility index (Phi) is 5.34. The molecule has 0 heterocycles. The van der Waals surface area contributed by atoms with Gasteiger partial charge in [-0.05, 0) is 118 Å². The quantitative estimate of drug-likeness (QED) is 0.490. The first-order chi connectivity index (χ1) is 12.7. The van der Waals surface area contributed by atoms with Crippen LogP contribution in [0.4, 0.5) is 0 Å². The normalized spacial score (nSPS) is 16.0. The van der Waals surface area contributed by atoms with Gasteiger partial charge in [0.15, 0.2) is 0 Å². The van der Waals surface area contributed by atoms with Gasteiger partial charge in [-0.2, -0.15) is 0 Å². The zero-order chi connectivity index (χ0) is 18.3. The maximum atomic E-state index is 5.91. The van der Waals surface area contributed by atoms with Crippen LogP contribution in [0.25, 0.3) is 11.1 Å². The van der Waals surface area contributed by atoms with Crippen LogP contribution in [0.5, 0.6) is 11.5 Å². The van der Waals surface area contributed by atoms with Gasteiger partial charge in [0.05, 0.1) is 23.2 Å². The topological polar surface area (TPSA) is 18.5 Å². The summed E-state index contributed by atoms with van der Waals surface area (Å²) in [4.78, 5) is 0. The van der Waals surface area contributed by atoms with E-state index in [-0.39, 0.29) is 0 Å². The minimum atomic E-state index is 0.940. The molecule has 0 amide bonds. The van der Waals surface area contributed by atoms with E-state index in [1.165, 1.54) is 59.1 Å². The summed E-state index contributed by atoms with van der Waals surface area (Å²) in [6.45, 7) is 0. The predicted octanol–water partition coefficient (Wildman–Crippen LogP) is 6.65. The number of rotatable bonds is 3. The highest BCUT2D eigenvalue weighted by Crippen LogP contribution is 2.51. The fourth-order valence-electron chi connectivity index (χ4n) is 4.62. The minimum absolute atomic E-state index is 0.940. The van der Waals surface area contributed by atoms with Gasteiger partial charge < -0.3 is 9.47 Å². The molecule has 0 spiro atoms. The lowest BCUT2D eigenvalue weighted by molar-refractivity contribution is 0.406. The number of fused-ring (bicyclic) bond motifs is 2. The molecule has 138 valence electrons. The third kappa shape index (κ3) is 2.99. The van der Waals surface area contributed by atoms with Gasteiger partial charge in [0, 0.05) is 11.1 Å². The van der Waals surface area contributed by atoms with Crippen molar-refractivity contribution in [1.29, 1.82) is 0 Å². The number of methoxy groups -OCH3 is 2. The minimum Gasteiger partial charge on any atom is -0.495 e. The Morgan fingerprint density at radius 3 is 1.42 bits per heavy atom. The first kappa shape index (κ1) is 18.4. The Bertz CT molecular complexity index is 787. The van der Waals surface area contributed by atoms with Crippen LogP contribution in [0.3, 0.4) is 0 Å². The van der Waals surface area contributed by atoms with E-state index in [0.717, 1.165) is 46.1 Å². The zero-order valence-corrected chi connectivity index (χ0v) is 18.6. The van der Waals surface area contributed by atoms with Gasteiger partial charge in [-0.25, -0.2) is 0 Å². The number of halogens is 2. The van der Waals surface area contributed by atoms with Crippen molar-refractivity contribution in [3.05, 3.63) is 43.3 Å². The van der Waals surface area contributed by atoms with Gasteiger partial charge in [-0.1, -0.05) is 0 Å². The lowest BCUT2D eigenvalue weighted by Gasteiger charge is -2.28. The van der Waals surface area contributed by atoms with E-state index >= 15 is 0 Å². The summed E-state index contributed by atoms with van der Waals surface area (Å²) in [5.41, 5.74) is 8.28. The van der Waals surface area contributed by atoms with Crippen molar-refractivity contribution in [3.8, 4) is 22.6 Å². The lowest BCUT2D eigenvalue weighted by Crippen LogP contribution is -2.11. The first-order valence-electron chi connectivity index (χ1n) is 9.42. The molecular weight excluding hydrogens is 456 g/mol. The Balaban J connectivity index is 2.10. The van der Waals surface area contributed by atoms with E-state index in [1.807, 2.05) is 0 Å². The van der Waals surface area contributed by atoms with Gasteiger partial charge in [-0.15, -0.1) is 0 Å². The van der Waals surface area contributed by atoms with E-state index in [4.69, 9.17) is 9.47 Å². The standard InChI is InChI=1S/C22H24Br2O2/c1-25-21-17(23)11-13-7-3-5-9-15(13)19(21)20-16-10-6-4-8-14(16)12-18(24)22(20)26-2/h11-12H,3-10H2,1-2H3. The van der Waals surface area contributed by atoms with Gasteiger partial charge in [-0.3, -0.25) is 0 Å². The largest absolute Gasteiger partial charge is 0.495 e. The van der Waals surface area contributed by atoms with Crippen LogP contribution in [0, 0.1) is 0 Å². The Morgan fingerprint density at radius 2 is 1.04 bits per heavy atom. The van der Waals surface area contributed by atoms with Crippen molar-refractivity contribution in [2.45, 2.75) is 51.4 Å². The average molecular weight is 480 g/mol. The summed E-state index contributed by atoms with van der Waals surface area (Å²) in [6.07, 6.45) is 9.51. The van der Waals surface area contributed by atoms with Crippen molar-refractivity contribution in [2.24, 2.45) is 0 Å².